The van der Waals surface area contributed by atoms with E-state index in [1.54, 1.807) is 49.6 Å². The van der Waals surface area contributed by atoms with Gasteiger partial charge in [-0.15, -0.1) is 0 Å². The van der Waals surface area contributed by atoms with Crippen molar-refractivity contribution in [2.24, 2.45) is 4.99 Å². The van der Waals surface area contributed by atoms with Crippen molar-refractivity contribution in [2.75, 3.05) is 13.7 Å². The van der Waals surface area contributed by atoms with Gasteiger partial charge in [-0.1, -0.05) is 35.8 Å². The number of nitrogens with zero attached hydrogens (tertiary/aromatic N) is 1. The number of methoxy groups -OCH3 is 1. The molecule has 0 aliphatic carbocycles. The molecule has 28 heavy (non-hydrogen) atoms. The van der Waals surface area contributed by atoms with E-state index in [0.29, 0.717) is 39.3 Å². The van der Waals surface area contributed by atoms with Crippen molar-refractivity contribution < 1.29 is 19.0 Å². The number of hydrogen-bond donors (Lipinski definition) is 0. The minimum atomic E-state index is -0.553. The van der Waals surface area contributed by atoms with Crippen LogP contribution < -0.4 is 9.47 Å². The maximum Gasteiger partial charge on any atom is 0.363 e. The maximum absolute atomic E-state index is 12.2. The van der Waals surface area contributed by atoms with Crippen LogP contribution >= 0.6 is 23.2 Å². The summed E-state index contributed by atoms with van der Waals surface area (Å²) in [6, 6.07) is 10.2. The first-order chi connectivity index (χ1) is 13.4. The number of rotatable bonds is 6. The summed E-state index contributed by atoms with van der Waals surface area (Å²) in [5, 5.41) is 0.762. The fraction of sp³-hybridized carbons (Fsp3) is 0.143. The van der Waals surface area contributed by atoms with Crippen molar-refractivity contribution >= 4 is 41.1 Å². The van der Waals surface area contributed by atoms with Crippen LogP contribution in [-0.4, -0.2) is 25.6 Å². The molecular weight excluding hydrogens is 401 g/mol. The van der Waals surface area contributed by atoms with Gasteiger partial charge >= 0.3 is 5.97 Å². The molecule has 0 bridgehead atoms. The van der Waals surface area contributed by atoms with Crippen molar-refractivity contribution in [3.63, 3.8) is 0 Å². The highest BCUT2D eigenvalue weighted by atomic mass is 35.5. The molecular formula is C21H17Cl2NO4. The molecule has 0 aromatic heterocycles. The number of carbonyl (C=O) groups excluding carboxylic acids is 1. The molecule has 2 aromatic carbocycles. The first-order valence-corrected chi connectivity index (χ1v) is 9.06. The van der Waals surface area contributed by atoms with Crippen LogP contribution in [0, 0.1) is 0 Å². The summed E-state index contributed by atoms with van der Waals surface area (Å²) in [6.45, 7) is 6.07. The van der Waals surface area contributed by atoms with Crippen molar-refractivity contribution in [1.29, 1.82) is 0 Å². The topological polar surface area (TPSA) is 57.1 Å². The van der Waals surface area contributed by atoms with Crippen molar-refractivity contribution in [3.05, 3.63) is 75.4 Å². The van der Waals surface area contributed by atoms with Gasteiger partial charge in [-0.2, -0.15) is 0 Å². The fourth-order valence-electron chi connectivity index (χ4n) is 2.41. The molecule has 0 spiro atoms. The quantitative estimate of drug-likeness (QED) is 0.363. The Labute approximate surface area is 172 Å². The molecule has 0 amide bonds. The minimum absolute atomic E-state index is 0.165. The highest BCUT2D eigenvalue weighted by Crippen LogP contribution is 2.30. The zero-order valence-corrected chi connectivity index (χ0v) is 16.8. The molecule has 5 nitrogen and oxygen atoms in total. The van der Waals surface area contributed by atoms with E-state index in [1.165, 1.54) is 0 Å². The predicted molar refractivity (Wildman–Crippen MR) is 110 cm³/mol. The number of halogens is 2. The van der Waals surface area contributed by atoms with Crippen LogP contribution in [0.5, 0.6) is 11.5 Å². The summed E-state index contributed by atoms with van der Waals surface area (Å²) in [5.74, 6) is 0.739. The van der Waals surface area contributed by atoms with E-state index in [-0.39, 0.29) is 11.6 Å². The zero-order valence-electron chi connectivity index (χ0n) is 15.3. The molecule has 2 aromatic rings. The molecule has 1 aliphatic heterocycles. The predicted octanol–water partition coefficient (Wildman–Crippen LogP) is 5.30. The van der Waals surface area contributed by atoms with E-state index in [9.17, 15) is 4.79 Å². The van der Waals surface area contributed by atoms with Gasteiger partial charge in [0.2, 0.25) is 5.90 Å². The second kappa shape index (κ2) is 8.50. The van der Waals surface area contributed by atoms with Gasteiger partial charge in [-0.25, -0.2) is 9.79 Å². The summed E-state index contributed by atoms with van der Waals surface area (Å²) in [5.41, 5.74) is 2.34. The number of carbonyl (C=O) groups is 1. The van der Waals surface area contributed by atoms with Gasteiger partial charge in [0.05, 0.1) is 17.2 Å². The number of benzene rings is 2. The Bertz CT molecular complexity index is 1010. The van der Waals surface area contributed by atoms with Crippen molar-refractivity contribution in [2.45, 2.75) is 6.92 Å². The van der Waals surface area contributed by atoms with E-state index >= 15 is 0 Å². The summed E-state index contributed by atoms with van der Waals surface area (Å²) < 4.78 is 16.3. The highest BCUT2D eigenvalue weighted by Gasteiger charge is 2.24. The third-order valence-electron chi connectivity index (χ3n) is 3.75. The molecule has 7 heteroatoms. The summed E-state index contributed by atoms with van der Waals surface area (Å²) in [4.78, 5) is 16.4. The molecule has 0 unspecified atom stereocenters. The molecule has 1 heterocycles. The second-order valence-electron chi connectivity index (χ2n) is 6.12. The van der Waals surface area contributed by atoms with Gasteiger partial charge in [-0.05, 0) is 54.5 Å². The molecule has 0 radical (unpaired) electrons. The number of ether oxygens (including phenoxy) is 3. The Kier molecular flexibility index (Phi) is 6.07. The molecule has 3 rings (SSSR count). The van der Waals surface area contributed by atoms with Crippen molar-refractivity contribution in [1.82, 2.24) is 0 Å². The Balaban J connectivity index is 1.87. The van der Waals surface area contributed by atoms with E-state index in [1.807, 2.05) is 6.92 Å². The van der Waals surface area contributed by atoms with Crippen LogP contribution in [0.2, 0.25) is 10.0 Å². The SMILES string of the molecule is C=C(C)COc1ccc(/C=C2\N=C(c3ccc(Cl)c(Cl)c3)OC2=O)cc1OC. The lowest BCUT2D eigenvalue weighted by atomic mass is 10.1. The molecule has 0 atom stereocenters. The van der Waals surface area contributed by atoms with E-state index < -0.39 is 5.97 Å². The molecule has 1 aliphatic rings. The monoisotopic (exact) mass is 417 g/mol. The smallest absolute Gasteiger partial charge is 0.363 e. The first-order valence-electron chi connectivity index (χ1n) is 8.30. The summed E-state index contributed by atoms with van der Waals surface area (Å²) in [7, 11) is 1.55. The van der Waals surface area contributed by atoms with Crippen LogP contribution in [0.25, 0.3) is 6.08 Å². The van der Waals surface area contributed by atoms with Crippen LogP contribution in [0.4, 0.5) is 0 Å². The van der Waals surface area contributed by atoms with Gasteiger partial charge in [0.1, 0.15) is 6.61 Å². The highest BCUT2D eigenvalue weighted by molar-refractivity contribution is 6.42. The lowest BCUT2D eigenvalue weighted by molar-refractivity contribution is -0.129. The van der Waals surface area contributed by atoms with Crippen molar-refractivity contribution in [3.8, 4) is 11.5 Å². The first kappa shape index (κ1) is 20.0. The van der Waals surface area contributed by atoms with Gasteiger partial charge in [-0.3, -0.25) is 0 Å². The summed E-state index contributed by atoms with van der Waals surface area (Å²) >= 11 is 11.9. The Morgan fingerprint density at radius 2 is 1.96 bits per heavy atom. The average Bonchev–Trinajstić information content (AvgIpc) is 3.03. The van der Waals surface area contributed by atoms with E-state index in [0.717, 1.165) is 5.57 Å². The normalized spacial score (nSPS) is 14.6. The van der Waals surface area contributed by atoms with Gasteiger partial charge in [0, 0.05) is 5.56 Å². The Morgan fingerprint density at radius 1 is 1.18 bits per heavy atom. The number of esters is 1. The van der Waals surface area contributed by atoms with E-state index in [2.05, 4.69) is 11.6 Å². The lowest BCUT2D eigenvalue weighted by Crippen LogP contribution is -2.05. The lowest BCUT2D eigenvalue weighted by Gasteiger charge is -2.11. The minimum Gasteiger partial charge on any atom is -0.493 e. The number of cyclic esters (lactones) is 1. The number of aliphatic imine (C=N–C) groups is 1. The Hall–Kier alpha value is -2.76. The van der Waals surface area contributed by atoms with Gasteiger partial charge < -0.3 is 14.2 Å². The van der Waals surface area contributed by atoms with Gasteiger partial charge in [0.25, 0.3) is 0 Å². The van der Waals surface area contributed by atoms with Crippen LogP contribution in [0.1, 0.15) is 18.1 Å². The molecule has 0 fully saturated rings. The van der Waals surface area contributed by atoms with Crippen LogP contribution in [-0.2, 0) is 9.53 Å². The third kappa shape index (κ3) is 4.55. The fourth-order valence-corrected chi connectivity index (χ4v) is 2.71. The zero-order chi connectivity index (χ0) is 20.3. The molecule has 0 N–H and O–H groups in total. The number of hydrogen-bond acceptors (Lipinski definition) is 5. The molecule has 144 valence electrons. The molecule has 0 saturated heterocycles. The van der Waals surface area contributed by atoms with Crippen LogP contribution in [0.15, 0.2) is 59.2 Å². The Morgan fingerprint density at radius 3 is 2.64 bits per heavy atom. The molecule has 0 saturated carbocycles. The summed E-state index contributed by atoms with van der Waals surface area (Å²) in [6.07, 6.45) is 1.61. The van der Waals surface area contributed by atoms with E-state index in [4.69, 9.17) is 37.4 Å². The van der Waals surface area contributed by atoms with Crippen LogP contribution in [0.3, 0.4) is 0 Å². The van der Waals surface area contributed by atoms with Gasteiger partial charge in [0.15, 0.2) is 17.2 Å². The standard InChI is InChI=1S/C21H17Cl2NO4/c1-12(2)11-27-18-7-4-13(9-19(18)26-3)8-17-21(25)28-20(24-17)14-5-6-15(22)16(23)10-14/h4-10H,1,11H2,2-3H3/b17-8-. The third-order valence-corrected chi connectivity index (χ3v) is 4.49. The second-order valence-corrected chi connectivity index (χ2v) is 6.94. The average molecular weight is 418 g/mol. The largest absolute Gasteiger partial charge is 0.493 e. The maximum atomic E-state index is 12.2.